The number of nitrogens with two attached hydrogens (primary N) is 1. The number of aliphatic hydroxyl groups is 1. The average molecular weight is 419 g/mol. The fourth-order valence-corrected chi connectivity index (χ4v) is 1.95. The number of alkyl halides is 3. The normalized spacial score (nSPS) is 12.4. The van der Waals surface area contributed by atoms with Gasteiger partial charge in [-0.25, -0.2) is 4.99 Å². The predicted molar refractivity (Wildman–Crippen MR) is 100.0 cm³/mol. The first-order valence-corrected chi connectivity index (χ1v) is 8.46. The van der Waals surface area contributed by atoms with Crippen molar-refractivity contribution in [3.63, 3.8) is 0 Å². The number of carboxylic acids is 1. The van der Waals surface area contributed by atoms with E-state index in [1.165, 1.54) is 19.9 Å². The summed E-state index contributed by atoms with van der Waals surface area (Å²) in [5.41, 5.74) is 4.36. The molecule has 0 aliphatic carbocycles. The molecule has 11 heteroatoms. The number of halogens is 3. The van der Waals surface area contributed by atoms with Crippen LogP contribution in [0.2, 0.25) is 0 Å². The maximum Gasteiger partial charge on any atom is 0.416 e. The number of aliphatic hydroxyl groups excluding tert-OH is 1. The Morgan fingerprint density at radius 2 is 1.79 bits per heavy atom. The van der Waals surface area contributed by atoms with Gasteiger partial charge >= 0.3 is 12.1 Å². The molecule has 0 saturated carbocycles. The summed E-state index contributed by atoms with van der Waals surface area (Å²) in [7, 11) is 0. The zero-order valence-electron chi connectivity index (χ0n) is 16.2. The van der Waals surface area contributed by atoms with Crippen LogP contribution in [-0.4, -0.2) is 46.4 Å². The molecule has 0 saturated heterocycles. The minimum atomic E-state index is -4.52. The van der Waals surface area contributed by atoms with Crippen molar-refractivity contribution < 1.29 is 37.8 Å². The lowest BCUT2D eigenvalue weighted by atomic mass is 10.1. The molecule has 8 nitrogen and oxygen atoms in total. The number of Topliss-reactive ketones (excluding diaryl/α,β-unsaturated/α-hetero) is 1. The van der Waals surface area contributed by atoms with Crippen LogP contribution < -0.4 is 11.1 Å². The zero-order chi connectivity index (χ0) is 22.8. The standard InChI is InChI=1S/C11H11F3N2O.C7H13NO4/c1-6(17)8-3-9(11(12,13)14)5-10(4-8)16-7(2)15;1-2-6(10)8-5(4-9)3-7(11)12/h3-5H,1-2H3,(H2,15,16);5,9H,2-4H2,1H3,(H,8,10)(H,11,12). The number of hydrogen-bond acceptors (Lipinski definition) is 5. The van der Waals surface area contributed by atoms with Crippen LogP contribution in [0.25, 0.3) is 0 Å². The Hall–Kier alpha value is -2.95. The summed E-state index contributed by atoms with van der Waals surface area (Å²) in [5.74, 6) is -1.62. The van der Waals surface area contributed by atoms with Gasteiger partial charge in [-0.05, 0) is 32.0 Å². The van der Waals surface area contributed by atoms with Gasteiger partial charge in [0, 0.05) is 12.0 Å². The first kappa shape index (κ1) is 26.1. The molecule has 5 N–H and O–H groups in total. The van der Waals surface area contributed by atoms with Gasteiger partial charge in [0.2, 0.25) is 5.91 Å². The number of rotatable bonds is 7. The van der Waals surface area contributed by atoms with Gasteiger partial charge in [0.05, 0.1) is 36.2 Å². The second kappa shape index (κ2) is 11.8. The van der Waals surface area contributed by atoms with Gasteiger partial charge in [-0.2, -0.15) is 13.2 Å². The molecule has 1 rings (SSSR count). The molecule has 1 amide bonds. The smallest absolute Gasteiger partial charge is 0.416 e. The highest BCUT2D eigenvalue weighted by Crippen LogP contribution is 2.32. The molecule has 0 fully saturated rings. The van der Waals surface area contributed by atoms with Crippen LogP contribution in [0.5, 0.6) is 0 Å². The largest absolute Gasteiger partial charge is 0.481 e. The molecule has 0 spiro atoms. The van der Waals surface area contributed by atoms with E-state index < -0.39 is 29.5 Å². The zero-order valence-corrected chi connectivity index (χ0v) is 16.2. The fraction of sp³-hybridized carbons (Fsp3) is 0.444. The highest BCUT2D eigenvalue weighted by atomic mass is 19.4. The number of carbonyl (C=O) groups excluding carboxylic acids is 2. The van der Waals surface area contributed by atoms with Crippen molar-refractivity contribution in [3.05, 3.63) is 29.3 Å². The molecule has 0 aliphatic rings. The van der Waals surface area contributed by atoms with E-state index in [0.29, 0.717) is 0 Å². The molecule has 0 heterocycles. The maximum atomic E-state index is 12.6. The van der Waals surface area contributed by atoms with Gasteiger partial charge in [0.1, 0.15) is 0 Å². The number of amides is 1. The Labute approximate surface area is 165 Å². The van der Waals surface area contributed by atoms with Crippen LogP contribution in [0.3, 0.4) is 0 Å². The highest BCUT2D eigenvalue weighted by Gasteiger charge is 2.31. The molecule has 0 bridgehead atoms. The number of nitrogens with zero attached hydrogens (tertiary/aromatic N) is 1. The lowest BCUT2D eigenvalue weighted by molar-refractivity contribution is -0.138. The predicted octanol–water partition coefficient (Wildman–Crippen LogP) is 2.26. The summed E-state index contributed by atoms with van der Waals surface area (Å²) in [4.78, 5) is 35.8. The molecule has 1 unspecified atom stereocenters. The first-order chi connectivity index (χ1) is 13.3. The molecule has 1 atom stereocenters. The lowest BCUT2D eigenvalue weighted by Gasteiger charge is -2.12. The van der Waals surface area contributed by atoms with E-state index in [4.69, 9.17) is 15.9 Å². The van der Waals surface area contributed by atoms with E-state index in [9.17, 15) is 27.6 Å². The van der Waals surface area contributed by atoms with E-state index in [1.54, 1.807) is 6.92 Å². The number of nitrogens with one attached hydrogen (secondary N) is 1. The fourth-order valence-electron chi connectivity index (χ4n) is 1.95. The maximum absolute atomic E-state index is 12.6. The number of aliphatic imine (C=N–C) groups is 1. The van der Waals surface area contributed by atoms with Gasteiger partial charge in [0.15, 0.2) is 5.78 Å². The minimum Gasteiger partial charge on any atom is -0.481 e. The number of benzene rings is 1. The van der Waals surface area contributed by atoms with E-state index in [-0.39, 0.29) is 42.4 Å². The van der Waals surface area contributed by atoms with Crippen LogP contribution in [0, 0.1) is 0 Å². The molecule has 29 heavy (non-hydrogen) atoms. The second-order valence-electron chi connectivity index (χ2n) is 5.97. The van der Waals surface area contributed by atoms with Crippen molar-refractivity contribution in [3.8, 4) is 0 Å². The van der Waals surface area contributed by atoms with Gasteiger partial charge < -0.3 is 21.3 Å². The first-order valence-electron chi connectivity index (χ1n) is 8.46. The molecule has 162 valence electrons. The van der Waals surface area contributed by atoms with E-state index in [0.717, 1.165) is 12.1 Å². The van der Waals surface area contributed by atoms with Crippen molar-refractivity contribution in [2.75, 3.05) is 6.61 Å². The third-order valence-corrected chi connectivity index (χ3v) is 3.28. The Kier molecular flexibility index (Phi) is 10.6. The molecule has 0 radical (unpaired) electrons. The Balaban J connectivity index is 0.000000578. The van der Waals surface area contributed by atoms with Crippen LogP contribution >= 0.6 is 0 Å². The molecular formula is C18H24F3N3O5. The molecule has 1 aromatic rings. The van der Waals surface area contributed by atoms with Gasteiger partial charge in [-0.3, -0.25) is 14.4 Å². The summed E-state index contributed by atoms with van der Waals surface area (Å²) >= 11 is 0. The average Bonchev–Trinajstić information content (AvgIpc) is 2.59. The SMILES string of the molecule is CC(=O)c1cc(N=C(C)N)cc(C(F)(F)F)c1.CCC(=O)NC(CO)CC(=O)O. The van der Waals surface area contributed by atoms with Crippen molar-refractivity contribution in [2.45, 2.75) is 45.8 Å². The van der Waals surface area contributed by atoms with Crippen molar-refractivity contribution in [1.82, 2.24) is 5.32 Å². The lowest BCUT2D eigenvalue weighted by Crippen LogP contribution is -2.38. The number of carboxylic acid groups (broad SMARTS) is 1. The van der Waals surface area contributed by atoms with Crippen LogP contribution in [0.1, 0.15) is 49.5 Å². The number of aliphatic carboxylic acids is 1. The second-order valence-corrected chi connectivity index (χ2v) is 5.97. The van der Waals surface area contributed by atoms with E-state index in [1.807, 2.05) is 0 Å². The summed E-state index contributed by atoms with van der Waals surface area (Å²) in [6, 6.07) is 2.25. The number of ketones is 1. The quantitative estimate of drug-likeness (QED) is 0.303. The minimum absolute atomic E-state index is 0.0185. The van der Waals surface area contributed by atoms with Crippen LogP contribution in [0.4, 0.5) is 18.9 Å². The third-order valence-electron chi connectivity index (χ3n) is 3.28. The van der Waals surface area contributed by atoms with Crippen LogP contribution in [0.15, 0.2) is 23.2 Å². The van der Waals surface area contributed by atoms with Crippen LogP contribution in [-0.2, 0) is 15.8 Å². The van der Waals surface area contributed by atoms with E-state index >= 15 is 0 Å². The van der Waals surface area contributed by atoms with Crippen molar-refractivity contribution >= 4 is 29.2 Å². The number of hydrogen-bond donors (Lipinski definition) is 4. The molecule has 0 aliphatic heterocycles. The highest BCUT2D eigenvalue weighted by molar-refractivity contribution is 5.95. The van der Waals surface area contributed by atoms with Gasteiger partial charge in [-0.1, -0.05) is 6.92 Å². The number of amidine groups is 1. The van der Waals surface area contributed by atoms with Crippen molar-refractivity contribution in [2.24, 2.45) is 10.7 Å². The summed E-state index contributed by atoms with van der Waals surface area (Å²) in [5, 5.41) is 19.4. The van der Waals surface area contributed by atoms with E-state index in [2.05, 4.69) is 10.3 Å². The Bertz CT molecular complexity index is 760. The third kappa shape index (κ3) is 10.8. The summed E-state index contributed by atoms with van der Waals surface area (Å²) in [6.07, 6.45) is -4.48. The molecular weight excluding hydrogens is 395 g/mol. The Morgan fingerprint density at radius 3 is 2.17 bits per heavy atom. The van der Waals surface area contributed by atoms with Gasteiger partial charge in [-0.15, -0.1) is 0 Å². The Morgan fingerprint density at radius 1 is 1.21 bits per heavy atom. The molecule has 1 aromatic carbocycles. The molecule has 0 aromatic heterocycles. The summed E-state index contributed by atoms with van der Waals surface area (Å²) in [6.45, 7) is 3.95. The number of carbonyl (C=O) groups is 3. The van der Waals surface area contributed by atoms with Gasteiger partial charge in [0.25, 0.3) is 0 Å². The monoisotopic (exact) mass is 419 g/mol. The topological polar surface area (TPSA) is 142 Å². The summed E-state index contributed by atoms with van der Waals surface area (Å²) < 4.78 is 37.7. The van der Waals surface area contributed by atoms with Crippen molar-refractivity contribution in [1.29, 1.82) is 0 Å².